The molecule has 0 saturated carbocycles. The minimum Gasteiger partial charge on any atom is -0.494 e. The van der Waals surface area contributed by atoms with Gasteiger partial charge in [-0.05, 0) is 55.0 Å². The van der Waals surface area contributed by atoms with Crippen LogP contribution in [0.1, 0.15) is 30.1 Å². The van der Waals surface area contributed by atoms with Crippen molar-refractivity contribution in [2.24, 2.45) is 0 Å². The highest BCUT2D eigenvalue weighted by Gasteiger charge is 2.06. The monoisotopic (exact) mass is 301 g/mol. The number of hydrogen-bond acceptors (Lipinski definition) is 3. The average molecular weight is 301 g/mol. The van der Waals surface area contributed by atoms with Crippen molar-refractivity contribution < 1.29 is 13.9 Å². The molecule has 3 nitrogen and oxygen atoms in total. The van der Waals surface area contributed by atoms with Gasteiger partial charge in [-0.15, -0.1) is 0 Å². The Morgan fingerprint density at radius 1 is 1.09 bits per heavy atom. The van der Waals surface area contributed by atoms with Crippen LogP contribution in [0.2, 0.25) is 0 Å². The summed E-state index contributed by atoms with van der Waals surface area (Å²) in [6.45, 7) is 3.24. The molecule has 0 fully saturated rings. The number of anilines is 1. The number of carbonyl (C=O) groups is 1. The van der Waals surface area contributed by atoms with E-state index in [2.05, 4.69) is 5.32 Å². The molecule has 1 N–H and O–H groups in total. The zero-order valence-corrected chi connectivity index (χ0v) is 12.6. The van der Waals surface area contributed by atoms with E-state index in [1.807, 2.05) is 19.1 Å². The predicted molar refractivity (Wildman–Crippen MR) is 86.1 cm³/mol. The number of ether oxygens (including phenoxy) is 1. The minimum atomic E-state index is -0.271. The molecule has 4 heteroatoms. The first-order chi connectivity index (χ1) is 10.7. The largest absolute Gasteiger partial charge is 0.494 e. The maximum atomic E-state index is 12.8. The molecule has 0 bridgehead atoms. The highest BCUT2D eigenvalue weighted by molar-refractivity contribution is 5.96. The van der Waals surface area contributed by atoms with Gasteiger partial charge < -0.3 is 10.1 Å². The predicted octanol–water partition coefficient (Wildman–Crippen LogP) is 4.30. The van der Waals surface area contributed by atoms with E-state index >= 15 is 0 Å². The van der Waals surface area contributed by atoms with Crippen LogP contribution in [0.4, 0.5) is 10.1 Å². The van der Waals surface area contributed by atoms with Crippen molar-refractivity contribution in [3.05, 3.63) is 59.9 Å². The number of ketones is 1. The SMILES string of the molecule is CCCOc1ccc(C(=O)CCNc2ccc(F)cc2)cc1. The quantitative estimate of drug-likeness (QED) is 0.739. The van der Waals surface area contributed by atoms with Gasteiger partial charge in [0, 0.05) is 24.2 Å². The molecule has 0 aliphatic carbocycles. The van der Waals surface area contributed by atoms with E-state index in [1.165, 1.54) is 12.1 Å². The van der Waals surface area contributed by atoms with Crippen LogP contribution in [-0.4, -0.2) is 18.9 Å². The first-order valence-corrected chi connectivity index (χ1v) is 7.44. The normalized spacial score (nSPS) is 10.3. The van der Waals surface area contributed by atoms with E-state index in [4.69, 9.17) is 4.74 Å². The molecule has 0 heterocycles. The van der Waals surface area contributed by atoms with Crippen molar-refractivity contribution in [1.82, 2.24) is 0 Å². The maximum Gasteiger partial charge on any atom is 0.164 e. The zero-order valence-electron chi connectivity index (χ0n) is 12.6. The van der Waals surface area contributed by atoms with Crippen LogP contribution < -0.4 is 10.1 Å². The van der Waals surface area contributed by atoms with E-state index in [-0.39, 0.29) is 11.6 Å². The van der Waals surface area contributed by atoms with Crippen LogP contribution in [-0.2, 0) is 0 Å². The molecule has 0 saturated heterocycles. The van der Waals surface area contributed by atoms with Crippen LogP contribution in [0.3, 0.4) is 0 Å². The van der Waals surface area contributed by atoms with E-state index < -0.39 is 0 Å². The fraction of sp³-hybridized carbons (Fsp3) is 0.278. The van der Waals surface area contributed by atoms with E-state index in [0.29, 0.717) is 25.1 Å². The molecular formula is C18H20FNO2. The Labute approximate surface area is 130 Å². The zero-order chi connectivity index (χ0) is 15.8. The lowest BCUT2D eigenvalue weighted by atomic mass is 10.1. The second-order valence-corrected chi connectivity index (χ2v) is 4.98. The summed E-state index contributed by atoms with van der Waals surface area (Å²) < 4.78 is 18.3. The van der Waals surface area contributed by atoms with Crippen molar-refractivity contribution in [2.45, 2.75) is 19.8 Å². The molecule has 0 spiro atoms. The standard InChI is InChI=1S/C18H20FNO2/c1-2-13-22-17-9-3-14(4-10-17)18(21)11-12-20-16-7-5-15(19)6-8-16/h3-10,20H,2,11-13H2,1H3. The Hall–Kier alpha value is -2.36. The molecule has 0 atom stereocenters. The lowest BCUT2D eigenvalue weighted by molar-refractivity contribution is 0.0986. The number of halogens is 1. The smallest absolute Gasteiger partial charge is 0.164 e. The summed E-state index contributed by atoms with van der Waals surface area (Å²) >= 11 is 0. The van der Waals surface area contributed by atoms with Gasteiger partial charge in [-0.1, -0.05) is 6.92 Å². The number of Topliss-reactive ketones (excluding diaryl/α,β-unsaturated/α-hetero) is 1. The first kappa shape index (κ1) is 16.0. The second-order valence-electron chi connectivity index (χ2n) is 4.98. The number of carbonyl (C=O) groups excluding carboxylic acids is 1. The summed E-state index contributed by atoms with van der Waals surface area (Å²) in [5.74, 6) is 0.575. The van der Waals surface area contributed by atoms with Crippen LogP contribution >= 0.6 is 0 Å². The number of rotatable bonds is 8. The molecule has 0 unspecified atom stereocenters. The van der Waals surface area contributed by atoms with Crippen LogP contribution in [0.15, 0.2) is 48.5 Å². The Kier molecular flexibility index (Phi) is 5.95. The van der Waals surface area contributed by atoms with E-state index in [1.54, 1.807) is 24.3 Å². The molecule has 0 amide bonds. The third kappa shape index (κ3) is 4.88. The Bertz CT molecular complexity index is 593. The van der Waals surface area contributed by atoms with Gasteiger partial charge in [0.1, 0.15) is 11.6 Å². The lowest BCUT2D eigenvalue weighted by Gasteiger charge is -2.07. The van der Waals surface area contributed by atoms with Gasteiger partial charge in [0.25, 0.3) is 0 Å². The molecule has 2 aromatic rings. The third-order valence-corrected chi connectivity index (χ3v) is 3.17. The first-order valence-electron chi connectivity index (χ1n) is 7.44. The average Bonchev–Trinajstić information content (AvgIpc) is 2.55. The van der Waals surface area contributed by atoms with Crippen molar-refractivity contribution in [2.75, 3.05) is 18.5 Å². The molecule has 2 aromatic carbocycles. The molecule has 0 radical (unpaired) electrons. The number of hydrogen-bond donors (Lipinski definition) is 1. The Morgan fingerprint density at radius 2 is 1.77 bits per heavy atom. The third-order valence-electron chi connectivity index (χ3n) is 3.17. The summed E-state index contributed by atoms with van der Waals surface area (Å²) in [6.07, 6.45) is 1.34. The van der Waals surface area contributed by atoms with Crippen molar-refractivity contribution >= 4 is 11.5 Å². The van der Waals surface area contributed by atoms with Gasteiger partial charge in [0.05, 0.1) is 6.61 Å². The van der Waals surface area contributed by atoms with Gasteiger partial charge in [0.15, 0.2) is 5.78 Å². The molecule has 22 heavy (non-hydrogen) atoms. The lowest BCUT2D eigenvalue weighted by Crippen LogP contribution is -2.09. The summed E-state index contributed by atoms with van der Waals surface area (Å²) in [5.41, 5.74) is 1.47. The van der Waals surface area contributed by atoms with Gasteiger partial charge in [0.2, 0.25) is 0 Å². The molecule has 2 rings (SSSR count). The second kappa shape index (κ2) is 8.17. The number of nitrogens with one attached hydrogen (secondary N) is 1. The van der Waals surface area contributed by atoms with Gasteiger partial charge in [-0.25, -0.2) is 4.39 Å². The van der Waals surface area contributed by atoms with Crippen molar-refractivity contribution in [3.63, 3.8) is 0 Å². The summed E-state index contributed by atoms with van der Waals surface area (Å²) in [5, 5.41) is 3.10. The summed E-state index contributed by atoms with van der Waals surface area (Å²) in [6, 6.07) is 13.3. The molecule has 0 aromatic heterocycles. The van der Waals surface area contributed by atoms with Gasteiger partial charge in [-0.2, -0.15) is 0 Å². The van der Waals surface area contributed by atoms with E-state index in [0.717, 1.165) is 17.9 Å². The van der Waals surface area contributed by atoms with Gasteiger partial charge in [-0.3, -0.25) is 4.79 Å². The highest BCUT2D eigenvalue weighted by atomic mass is 19.1. The van der Waals surface area contributed by atoms with Crippen molar-refractivity contribution in [3.8, 4) is 5.75 Å². The fourth-order valence-corrected chi connectivity index (χ4v) is 1.99. The van der Waals surface area contributed by atoms with Crippen LogP contribution in [0.25, 0.3) is 0 Å². The summed E-state index contributed by atoms with van der Waals surface area (Å²) in [4.78, 5) is 12.1. The highest BCUT2D eigenvalue weighted by Crippen LogP contribution is 2.14. The van der Waals surface area contributed by atoms with Crippen LogP contribution in [0, 0.1) is 5.82 Å². The van der Waals surface area contributed by atoms with Crippen molar-refractivity contribution in [1.29, 1.82) is 0 Å². The molecular weight excluding hydrogens is 281 g/mol. The van der Waals surface area contributed by atoms with Crippen LogP contribution in [0.5, 0.6) is 5.75 Å². The van der Waals surface area contributed by atoms with Gasteiger partial charge >= 0.3 is 0 Å². The topological polar surface area (TPSA) is 38.3 Å². The fourth-order valence-electron chi connectivity index (χ4n) is 1.99. The van der Waals surface area contributed by atoms with E-state index in [9.17, 15) is 9.18 Å². The summed E-state index contributed by atoms with van der Waals surface area (Å²) in [7, 11) is 0. The molecule has 0 aliphatic rings. The Morgan fingerprint density at radius 3 is 2.41 bits per heavy atom. The molecule has 0 aliphatic heterocycles. The maximum absolute atomic E-state index is 12.8. The minimum absolute atomic E-state index is 0.0663. The Balaban J connectivity index is 1.80. The number of benzene rings is 2. The molecule has 116 valence electrons.